The van der Waals surface area contributed by atoms with Crippen LogP contribution < -0.4 is 0 Å². The number of furan rings is 1. The summed E-state index contributed by atoms with van der Waals surface area (Å²) in [5.41, 5.74) is 1.64. The normalized spacial score (nSPS) is 12.6. The number of hydrogen-bond donors (Lipinski definition) is 2. The quantitative estimate of drug-likeness (QED) is 0.330. The van der Waals surface area contributed by atoms with Crippen molar-refractivity contribution in [2.24, 2.45) is 0 Å². The molecule has 4 aromatic carbocycles. The number of carbonyl (C=O) groups is 2. The molecule has 33 heavy (non-hydrogen) atoms. The number of phenols is 2. The van der Waals surface area contributed by atoms with Gasteiger partial charge in [-0.1, -0.05) is 60.7 Å². The second-order valence-electron chi connectivity index (χ2n) is 7.95. The third-order valence-electron chi connectivity index (χ3n) is 6.03. The van der Waals surface area contributed by atoms with Crippen molar-refractivity contribution in [1.29, 1.82) is 0 Å². The van der Waals surface area contributed by atoms with Gasteiger partial charge in [0.2, 0.25) is 0 Å². The molecule has 0 atom stereocenters. The molecule has 5 aromatic rings. The number of phenolic OH excluding ortho intramolecular Hbond substituents is 2. The van der Waals surface area contributed by atoms with E-state index in [4.69, 9.17) is 4.42 Å². The first-order valence-corrected chi connectivity index (χ1v) is 10.4. The van der Waals surface area contributed by atoms with Gasteiger partial charge >= 0.3 is 0 Å². The van der Waals surface area contributed by atoms with Crippen LogP contribution in [0.25, 0.3) is 33.4 Å². The Morgan fingerprint density at radius 3 is 1.33 bits per heavy atom. The Morgan fingerprint density at radius 1 is 0.545 bits per heavy atom. The molecule has 0 fully saturated rings. The maximum Gasteiger partial charge on any atom is 0.198 e. The third-order valence-corrected chi connectivity index (χ3v) is 6.03. The average Bonchev–Trinajstić information content (AvgIpc) is 3.23. The summed E-state index contributed by atoms with van der Waals surface area (Å²) in [4.78, 5) is 26.7. The Kier molecular flexibility index (Phi) is 4.01. The van der Waals surface area contributed by atoms with Crippen molar-refractivity contribution >= 4 is 22.3 Å². The van der Waals surface area contributed by atoms with E-state index in [0.29, 0.717) is 22.3 Å². The van der Waals surface area contributed by atoms with Gasteiger partial charge in [0.05, 0.1) is 11.1 Å². The zero-order valence-electron chi connectivity index (χ0n) is 17.2. The van der Waals surface area contributed by atoms with Crippen LogP contribution in [0.1, 0.15) is 31.8 Å². The zero-order chi connectivity index (χ0) is 22.7. The summed E-state index contributed by atoms with van der Waals surface area (Å²) >= 11 is 0. The first-order valence-electron chi connectivity index (χ1n) is 10.4. The Bertz CT molecular complexity index is 1480. The van der Waals surface area contributed by atoms with E-state index in [1.165, 1.54) is 12.1 Å². The van der Waals surface area contributed by atoms with Crippen molar-refractivity contribution in [3.8, 4) is 34.1 Å². The second-order valence-corrected chi connectivity index (χ2v) is 7.95. The second kappa shape index (κ2) is 6.93. The van der Waals surface area contributed by atoms with Crippen molar-refractivity contribution in [2.75, 3.05) is 0 Å². The molecule has 0 aliphatic heterocycles. The van der Waals surface area contributed by atoms with Gasteiger partial charge in [0.15, 0.2) is 11.6 Å². The van der Waals surface area contributed by atoms with E-state index in [1.807, 2.05) is 60.7 Å². The Labute approximate surface area is 188 Å². The van der Waals surface area contributed by atoms with Gasteiger partial charge in [-0.05, 0) is 24.3 Å². The van der Waals surface area contributed by atoms with Crippen LogP contribution in [0.2, 0.25) is 0 Å². The highest BCUT2D eigenvalue weighted by molar-refractivity contribution is 6.31. The number of aromatic hydroxyl groups is 2. The molecule has 0 radical (unpaired) electrons. The number of rotatable bonds is 2. The minimum Gasteiger partial charge on any atom is -0.507 e. The van der Waals surface area contributed by atoms with Gasteiger partial charge in [-0.25, -0.2) is 0 Å². The molecule has 5 heteroatoms. The first-order chi connectivity index (χ1) is 16.0. The van der Waals surface area contributed by atoms with Crippen molar-refractivity contribution < 1.29 is 24.2 Å². The summed E-state index contributed by atoms with van der Waals surface area (Å²) in [5, 5.41) is 21.9. The van der Waals surface area contributed by atoms with Crippen LogP contribution in [0.15, 0.2) is 89.3 Å². The molecule has 0 saturated carbocycles. The lowest BCUT2D eigenvalue weighted by Gasteiger charge is -2.19. The van der Waals surface area contributed by atoms with Crippen molar-refractivity contribution in [2.45, 2.75) is 0 Å². The first kappa shape index (κ1) is 19.1. The van der Waals surface area contributed by atoms with Crippen LogP contribution in [0.4, 0.5) is 0 Å². The Morgan fingerprint density at radius 2 is 0.939 bits per heavy atom. The number of fused-ring (bicyclic) bond motifs is 3. The van der Waals surface area contributed by atoms with E-state index >= 15 is 0 Å². The van der Waals surface area contributed by atoms with Crippen LogP contribution in [-0.2, 0) is 0 Å². The van der Waals surface area contributed by atoms with E-state index < -0.39 is 11.6 Å². The van der Waals surface area contributed by atoms with E-state index in [-0.39, 0.29) is 33.8 Å². The standard InChI is InChI=1S/C28H16O5/c29-21-11-12-22(30)24-23(21)25(31)17-13-19-20(14-18(17)26(24)32)28(16-9-5-2-6-10-16)33-27(19)15-7-3-1-4-8-15/h1-14,29-30H. The van der Waals surface area contributed by atoms with Crippen LogP contribution in [0.3, 0.4) is 0 Å². The van der Waals surface area contributed by atoms with Crippen LogP contribution in [-0.4, -0.2) is 21.8 Å². The fourth-order valence-electron chi connectivity index (χ4n) is 4.48. The van der Waals surface area contributed by atoms with Gasteiger partial charge in [-0.2, -0.15) is 0 Å². The van der Waals surface area contributed by atoms with E-state index in [9.17, 15) is 19.8 Å². The molecule has 0 saturated heterocycles. The van der Waals surface area contributed by atoms with E-state index in [0.717, 1.165) is 11.1 Å². The lowest BCUT2D eigenvalue weighted by Crippen LogP contribution is -2.21. The largest absolute Gasteiger partial charge is 0.507 e. The predicted octanol–water partition coefficient (Wildman–Crippen LogP) is 5.95. The molecule has 1 aromatic heterocycles. The summed E-state index contributed by atoms with van der Waals surface area (Å²) < 4.78 is 6.33. The molecule has 5 nitrogen and oxygen atoms in total. The summed E-state index contributed by atoms with van der Waals surface area (Å²) in [7, 11) is 0. The Hall–Kier alpha value is -4.64. The third kappa shape index (κ3) is 2.72. The smallest absolute Gasteiger partial charge is 0.198 e. The monoisotopic (exact) mass is 432 g/mol. The minimum absolute atomic E-state index is 0.165. The van der Waals surface area contributed by atoms with Gasteiger partial charge in [0.1, 0.15) is 23.0 Å². The van der Waals surface area contributed by atoms with E-state index in [1.54, 1.807) is 12.1 Å². The number of benzene rings is 4. The predicted molar refractivity (Wildman–Crippen MR) is 124 cm³/mol. The fourth-order valence-corrected chi connectivity index (χ4v) is 4.48. The zero-order valence-corrected chi connectivity index (χ0v) is 17.2. The van der Waals surface area contributed by atoms with Gasteiger partial charge in [-0.15, -0.1) is 0 Å². The van der Waals surface area contributed by atoms with Gasteiger partial charge in [0, 0.05) is 33.0 Å². The molecule has 2 N–H and O–H groups in total. The van der Waals surface area contributed by atoms with Gasteiger partial charge in [0.25, 0.3) is 0 Å². The SMILES string of the molecule is O=C1c2cc3c(-c4ccccc4)oc(-c4ccccc4)c3cc2C(=O)c2c(O)ccc(O)c21. The molecule has 158 valence electrons. The molecule has 0 amide bonds. The highest BCUT2D eigenvalue weighted by Crippen LogP contribution is 2.44. The maximum atomic E-state index is 13.3. The lowest BCUT2D eigenvalue weighted by molar-refractivity contribution is 0.0974. The van der Waals surface area contributed by atoms with Crippen molar-refractivity contribution in [1.82, 2.24) is 0 Å². The number of hydrogen-bond acceptors (Lipinski definition) is 5. The maximum absolute atomic E-state index is 13.3. The molecule has 6 rings (SSSR count). The molecule has 0 bridgehead atoms. The fraction of sp³-hybridized carbons (Fsp3) is 0. The van der Waals surface area contributed by atoms with Crippen LogP contribution >= 0.6 is 0 Å². The molecule has 1 aliphatic carbocycles. The number of ketones is 2. The molecule has 0 spiro atoms. The molecule has 1 heterocycles. The van der Waals surface area contributed by atoms with Crippen molar-refractivity contribution in [3.05, 3.63) is 107 Å². The lowest BCUT2D eigenvalue weighted by atomic mass is 9.81. The highest BCUT2D eigenvalue weighted by Gasteiger charge is 2.35. The highest BCUT2D eigenvalue weighted by atomic mass is 16.3. The van der Waals surface area contributed by atoms with Crippen LogP contribution in [0, 0.1) is 0 Å². The Balaban J connectivity index is 1.69. The summed E-state index contributed by atoms with van der Waals surface area (Å²) in [6, 6.07) is 24.8. The summed E-state index contributed by atoms with van der Waals surface area (Å²) in [6.07, 6.45) is 0. The number of carbonyl (C=O) groups excluding carboxylic acids is 2. The molecular weight excluding hydrogens is 416 g/mol. The van der Waals surface area contributed by atoms with Gasteiger partial charge in [-0.3, -0.25) is 9.59 Å². The topological polar surface area (TPSA) is 87.7 Å². The summed E-state index contributed by atoms with van der Waals surface area (Å²) in [6.45, 7) is 0. The van der Waals surface area contributed by atoms with Crippen molar-refractivity contribution in [3.63, 3.8) is 0 Å². The molecule has 0 unspecified atom stereocenters. The minimum atomic E-state index is -0.517. The molecular formula is C28H16O5. The average molecular weight is 432 g/mol. The molecule has 1 aliphatic rings. The van der Waals surface area contributed by atoms with Gasteiger partial charge < -0.3 is 14.6 Å². The summed E-state index contributed by atoms with van der Waals surface area (Å²) in [5.74, 6) is -0.552. The van der Waals surface area contributed by atoms with Crippen LogP contribution in [0.5, 0.6) is 11.5 Å². The van der Waals surface area contributed by atoms with E-state index in [2.05, 4.69) is 0 Å².